The standard InChI is InChI=1S/C13H25NO3/c1-12(2,3)17-11(15)9-16-13(10-14)7-5-4-6-8-13/h4-10,14H2,1-3H3. The van der Waals surface area contributed by atoms with Crippen LogP contribution in [0.5, 0.6) is 0 Å². The maximum absolute atomic E-state index is 11.6. The van der Waals surface area contributed by atoms with E-state index in [-0.39, 0.29) is 18.2 Å². The molecule has 4 nitrogen and oxygen atoms in total. The van der Waals surface area contributed by atoms with Crippen molar-refractivity contribution in [2.75, 3.05) is 13.2 Å². The fourth-order valence-electron chi connectivity index (χ4n) is 2.19. The van der Waals surface area contributed by atoms with E-state index in [0.29, 0.717) is 6.54 Å². The Hall–Kier alpha value is -0.610. The zero-order chi connectivity index (χ0) is 12.9. The molecule has 0 heterocycles. The van der Waals surface area contributed by atoms with E-state index in [1.807, 2.05) is 20.8 Å². The number of nitrogens with two attached hydrogens (primary N) is 1. The quantitative estimate of drug-likeness (QED) is 0.767. The first kappa shape index (κ1) is 14.5. The van der Waals surface area contributed by atoms with Gasteiger partial charge >= 0.3 is 5.97 Å². The van der Waals surface area contributed by atoms with Crippen molar-refractivity contribution in [1.82, 2.24) is 0 Å². The third-order valence-corrected chi connectivity index (χ3v) is 3.05. The number of rotatable bonds is 4. The third-order valence-electron chi connectivity index (χ3n) is 3.05. The van der Waals surface area contributed by atoms with Crippen molar-refractivity contribution in [3.05, 3.63) is 0 Å². The molecule has 17 heavy (non-hydrogen) atoms. The Morgan fingerprint density at radius 1 is 1.24 bits per heavy atom. The second kappa shape index (κ2) is 5.83. The number of esters is 1. The maximum atomic E-state index is 11.6. The second-order valence-electron chi connectivity index (χ2n) is 5.82. The van der Waals surface area contributed by atoms with E-state index in [9.17, 15) is 4.79 Å². The van der Waals surface area contributed by atoms with Crippen molar-refractivity contribution in [1.29, 1.82) is 0 Å². The molecule has 0 atom stereocenters. The molecule has 0 amide bonds. The van der Waals surface area contributed by atoms with Crippen LogP contribution in [0.15, 0.2) is 0 Å². The lowest BCUT2D eigenvalue weighted by Crippen LogP contribution is -2.44. The van der Waals surface area contributed by atoms with E-state index in [1.165, 1.54) is 6.42 Å². The monoisotopic (exact) mass is 243 g/mol. The molecule has 0 spiro atoms. The summed E-state index contributed by atoms with van der Waals surface area (Å²) in [6.07, 6.45) is 5.40. The average molecular weight is 243 g/mol. The Balaban J connectivity index is 2.39. The highest BCUT2D eigenvalue weighted by Gasteiger charge is 2.32. The van der Waals surface area contributed by atoms with Crippen LogP contribution in [0, 0.1) is 0 Å². The minimum absolute atomic E-state index is 0.00840. The Kier molecular flexibility index (Phi) is 4.95. The zero-order valence-corrected chi connectivity index (χ0v) is 11.3. The predicted molar refractivity (Wildman–Crippen MR) is 66.7 cm³/mol. The van der Waals surface area contributed by atoms with Crippen LogP contribution in [-0.4, -0.2) is 30.3 Å². The molecule has 0 saturated heterocycles. The van der Waals surface area contributed by atoms with Gasteiger partial charge in [0.15, 0.2) is 0 Å². The van der Waals surface area contributed by atoms with Crippen LogP contribution in [0.2, 0.25) is 0 Å². The molecule has 0 bridgehead atoms. The summed E-state index contributed by atoms with van der Waals surface area (Å²) < 4.78 is 10.9. The molecule has 4 heteroatoms. The molecule has 100 valence electrons. The first-order chi connectivity index (χ1) is 7.87. The molecule has 1 fully saturated rings. The van der Waals surface area contributed by atoms with Crippen LogP contribution in [0.4, 0.5) is 0 Å². The van der Waals surface area contributed by atoms with Gasteiger partial charge in [-0.15, -0.1) is 0 Å². The number of hydrogen-bond donors (Lipinski definition) is 1. The lowest BCUT2D eigenvalue weighted by Gasteiger charge is -2.36. The van der Waals surface area contributed by atoms with Gasteiger partial charge in [-0.1, -0.05) is 19.3 Å². The summed E-state index contributed by atoms with van der Waals surface area (Å²) in [6, 6.07) is 0. The lowest BCUT2D eigenvalue weighted by molar-refractivity contribution is -0.168. The molecular formula is C13H25NO3. The van der Waals surface area contributed by atoms with E-state index in [1.54, 1.807) is 0 Å². The van der Waals surface area contributed by atoms with Gasteiger partial charge in [0, 0.05) is 6.54 Å². The molecule has 0 unspecified atom stereocenters. The first-order valence-corrected chi connectivity index (χ1v) is 6.43. The van der Waals surface area contributed by atoms with Gasteiger partial charge in [-0.2, -0.15) is 0 Å². The highest BCUT2D eigenvalue weighted by atomic mass is 16.6. The van der Waals surface area contributed by atoms with Crippen molar-refractivity contribution in [3.8, 4) is 0 Å². The maximum Gasteiger partial charge on any atom is 0.332 e. The van der Waals surface area contributed by atoms with Crippen molar-refractivity contribution in [2.24, 2.45) is 5.73 Å². The van der Waals surface area contributed by atoms with Gasteiger partial charge in [0.25, 0.3) is 0 Å². The molecular weight excluding hydrogens is 218 g/mol. The number of carbonyl (C=O) groups excluding carboxylic acids is 1. The van der Waals surface area contributed by atoms with E-state index in [2.05, 4.69) is 0 Å². The van der Waals surface area contributed by atoms with Gasteiger partial charge < -0.3 is 15.2 Å². The first-order valence-electron chi connectivity index (χ1n) is 6.43. The Bertz CT molecular complexity index is 252. The molecule has 2 N–H and O–H groups in total. The van der Waals surface area contributed by atoms with Crippen LogP contribution in [0.3, 0.4) is 0 Å². The summed E-state index contributed by atoms with van der Waals surface area (Å²) in [5, 5.41) is 0. The van der Waals surface area contributed by atoms with Crippen LogP contribution in [0.1, 0.15) is 52.9 Å². The summed E-state index contributed by atoms with van der Waals surface area (Å²) in [6.45, 7) is 6.04. The molecule has 0 aromatic rings. The predicted octanol–water partition coefficient (Wildman–Crippen LogP) is 2.01. The molecule has 1 rings (SSSR count). The Morgan fingerprint density at radius 2 is 1.82 bits per heavy atom. The normalized spacial score (nSPS) is 20.0. The molecule has 0 aromatic heterocycles. The molecule has 1 aliphatic carbocycles. The highest BCUT2D eigenvalue weighted by molar-refractivity contribution is 5.71. The van der Waals surface area contributed by atoms with Gasteiger partial charge in [-0.05, 0) is 33.6 Å². The summed E-state index contributed by atoms with van der Waals surface area (Å²) in [5.41, 5.74) is 5.02. The van der Waals surface area contributed by atoms with Crippen LogP contribution in [-0.2, 0) is 14.3 Å². The molecule has 1 saturated carbocycles. The van der Waals surface area contributed by atoms with E-state index in [0.717, 1.165) is 25.7 Å². The minimum atomic E-state index is -0.455. The lowest BCUT2D eigenvalue weighted by atomic mass is 9.85. The number of hydrogen-bond acceptors (Lipinski definition) is 4. The SMILES string of the molecule is CC(C)(C)OC(=O)COC1(CN)CCCCC1. The molecule has 1 aliphatic rings. The smallest absolute Gasteiger partial charge is 0.332 e. The van der Waals surface area contributed by atoms with Crippen molar-refractivity contribution >= 4 is 5.97 Å². The third kappa shape index (κ3) is 5.04. The molecule has 0 aromatic carbocycles. The van der Waals surface area contributed by atoms with Gasteiger partial charge in [0.1, 0.15) is 12.2 Å². The number of ether oxygens (including phenoxy) is 2. The summed E-state index contributed by atoms with van der Waals surface area (Å²) in [4.78, 5) is 11.6. The zero-order valence-electron chi connectivity index (χ0n) is 11.3. The van der Waals surface area contributed by atoms with Gasteiger partial charge in [0.2, 0.25) is 0 Å². The second-order valence-corrected chi connectivity index (χ2v) is 5.82. The molecule has 0 radical (unpaired) electrons. The number of carbonyl (C=O) groups is 1. The van der Waals surface area contributed by atoms with Crippen molar-refractivity contribution in [3.63, 3.8) is 0 Å². The van der Waals surface area contributed by atoms with Crippen LogP contribution < -0.4 is 5.73 Å². The van der Waals surface area contributed by atoms with Crippen LogP contribution in [0.25, 0.3) is 0 Å². The van der Waals surface area contributed by atoms with Crippen molar-refractivity contribution in [2.45, 2.75) is 64.1 Å². The highest BCUT2D eigenvalue weighted by Crippen LogP contribution is 2.30. The van der Waals surface area contributed by atoms with Gasteiger partial charge in [0.05, 0.1) is 5.60 Å². The Morgan fingerprint density at radius 3 is 2.29 bits per heavy atom. The summed E-state index contributed by atoms with van der Waals surface area (Å²) in [5.74, 6) is -0.309. The van der Waals surface area contributed by atoms with Gasteiger partial charge in [-0.3, -0.25) is 0 Å². The summed E-state index contributed by atoms with van der Waals surface area (Å²) in [7, 11) is 0. The van der Waals surface area contributed by atoms with E-state index >= 15 is 0 Å². The summed E-state index contributed by atoms with van der Waals surface area (Å²) >= 11 is 0. The van der Waals surface area contributed by atoms with E-state index in [4.69, 9.17) is 15.2 Å². The largest absolute Gasteiger partial charge is 0.458 e. The van der Waals surface area contributed by atoms with E-state index < -0.39 is 5.60 Å². The average Bonchev–Trinajstić information content (AvgIpc) is 2.25. The van der Waals surface area contributed by atoms with Crippen LogP contribution >= 0.6 is 0 Å². The fourth-order valence-corrected chi connectivity index (χ4v) is 2.19. The molecule has 0 aliphatic heterocycles. The Labute approximate surface area is 104 Å². The minimum Gasteiger partial charge on any atom is -0.458 e. The van der Waals surface area contributed by atoms with Crippen molar-refractivity contribution < 1.29 is 14.3 Å². The topological polar surface area (TPSA) is 61.5 Å². The fraction of sp³-hybridized carbons (Fsp3) is 0.923. The van der Waals surface area contributed by atoms with Gasteiger partial charge in [-0.25, -0.2) is 4.79 Å².